The summed E-state index contributed by atoms with van der Waals surface area (Å²) in [6, 6.07) is 0. The Morgan fingerprint density at radius 2 is 1.86 bits per heavy atom. The van der Waals surface area contributed by atoms with E-state index in [1.807, 2.05) is 45.1 Å². The molecule has 0 N–H and O–H groups in total. The van der Waals surface area contributed by atoms with Crippen molar-refractivity contribution in [3.05, 3.63) is 35.7 Å². The van der Waals surface area contributed by atoms with Crippen molar-refractivity contribution in [3.63, 3.8) is 0 Å². The Morgan fingerprint density at radius 1 is 1.29 bits per heavy atom. The van der Waals surface area contributed by atoms with Crippen LogP contribution in [-0.2, 0) is 0 Å². The van der Waals surface area contributed by atoms with E-state index in [4.69, 9.17) is 0 Å². The number of nitrogens with zero attached hydrogens (tertiary/aromatic N) is 2. The van der Waals surface area contributed by atoms with Crippen molar-refractivity contribution in [1.82, 2.24) is 4.90 Å². The van der Waals surface area contributed by atoms with Crippen molar-refractivity contribution in [2.75, 3.05) is 14.1 Å². The van der Waals surface area contributed by atoms with Crippen LogP contribution in [0.4, 0.5) is 0 Å². The summed E-state index contributed by atoms with van der Waals surface area (Å²) in [5.74, 6) is 0. The summed E-state index contributed by atoms with van der Waals surface area (Å²) in [5.41, 5.74) is 3.30. The molecule has 0 atom stereocenters. The van der Waals surface area contributed by atoms with E-state index in [1.54, 1.807) is 6.21 Å². The van der Waals surface area contributed by atoms with E-state index in [1.165, 1.54) is 0 Å². The summed E-state index contributed by atoms with van der Waals surface area (Å²) in [5, 5.41) is 0. The molecule has 0 bridgehead atoms. The third-order valence-corrected chi connectivity index (χ3v) is 1.92. The highest BCUT2D eigenvalue weighted by Crippen LogP contribution is 2.16. The lowest BCUT2D eigenvalue weighted by Crippen LogP contribution is -2.03. The monoisotopic (exact) mass is 192 g/mol. The third-order valence-electron chi connectivity index (χ3n) is 1.92. The summed E-state index contributed by atoms with van der Waals surface area (Å²) in [6.07, 6.45) is 5.69. The lowest BCUT2D eigenvalue weighted by molar-refractivity contribution is 0.560. The first-order chi connectivity index (χ1) is 6.52. The summed E-state index contributed by atoms with van der Waals surface area (Å²) in [7, 11) is 3.99. The SMILES string of the molecule is C=CC(=C\N(C)C)/C(C)=C(/C)N=CC. The Bertz CT molecular complexity index is 281. The van der Waals surface area contributed by atoms with Crippen LogP contribution in [0.15, 0.2) is 40.7 Å². The molecule has 0 aromatic carbocycles. The van der Waals surface area contributed by atoms with Crippen LogP contribution in [0.1, 0.15) is 20.8 Å². The number of hydrogen-bond acceptors (Lipinski definition) is 2. The largest absolute Gasteiger partial charge is 0.383 e. The highest BCUT2D eigenvalue weighted by molar-refractivity contribution is 5.56. The molecule has 0 amide bonds. The van der Waals surface area contributed by atoms with Gasteiger partial charge in [-0.15, -0.1) is 0 Å². The van der Waals surface area contributed by atoms with Gasteiger partial charge in [-0.3, -0.25) is 4.99 Å². The Hall–Kier alpha value is -1.31. The van der Waals surface area contributed by atoms with Crippen LogP contribution in [0, 0.1) is 0 Å². The van der Waals surface area contributed by atoms with E-state index in [2.05, 4.69) is 18.5 Å². The zero-order valence-corrected chi connectivity index (χ0v) is 9.83. The Balaban J connectivity index is 5.05. The molecule has 0 heterocycles. The first kappa shape index (κ1) is 12.7. The Kier molecular flexibility index (Phi) is 5.61. The van der Waals surface area contributed by atoms with Gasteiger partial charge in [0.2, 0.25) is 0 Å². The standard InChI is InChI=1S/C12H20N2/c1-7-12(9-14(5)6)10(3)11(4)13-8-2/h7-9H,1H2,2-6H3/b11-10-,12-9+,13-8?. The minimum Gasteiger partial charge on any atom is -0.383 e. The zero-order valence-electron chi connectivity index (χ0n) is 9.83. The Morgan fingerprint density at radius 3 is 2.21 bits per heavy atom. The van der Waals surface area contributed by atoms with Crippen LogP contribution < -0.4 is 0 Å². The third kappa shape index (κ3) is 4.08. The van der Waals surface area contributed by atoms with E-state index in [0.717, 1.165) is 16.8 Å². The van der Waals surface area contributed by atoms with E-state index in [9.17, 15) is 0 Å². The highest BCUT2D eigenvalue weighted by atomic mass is 15.0. The molecule has 0 fully saturated rings. The average Bonchev–Trinajstić information content (AvgIpc) is 2.13. The van der Waals surface area contributed by atoms with Gasteiger partial charge in [0.05, 0.1) is 0 Å². The molecule has 0 saturated carbocycles. The van der Waals surface area contributed by atoms with Crippen LogP contribution in [-0.4, -0.2) is 25.2 Å². The highest BCUT2D eigenvalue weighted by Gasteiger charge is 1.99. The predicted octanol–water partition coefficient (Wildman–Crippen LogP) is 3.00. The molecule has 78 valence electrons. The second kappa shape index (κ2) is 6.19. The summed E-state index contributed by atoms with van der Waals surface area (Å²) < 4.78 is 0. The second-order valence-electron chi connectivity index (χ2n) is 3.35. The lowest BCUT2D eigenvalue weighted by atomic mass is 10.1. The smallest absolute Gasteiger partial charge is 0.0404 e. The number of allylic oxidation sites excluding steroid dienone is 4. The maximum absolute atomic E-state index is 4.25. The maximum atomic E-state index is 4.25. The van der Waals surface area contributed by atoms with Crippen LogP contribution in [0.25, 0.3) is 0 Å². The van der Waals surface area contributed by atoms with Gasteiger partial charge in [-0.05, 0) is 31.9 Å². The molecule has 0 unspecified atom stereocenters. The van der Waals surface area contributed by atoms with E-state index in [0.29, 0.717) is 0 Å². The summed E-state index contributed by atoms with van der Waals surface area (Å²) in [4.78, 5) is 6.25. The van der Waals surface area contributed by atoms with Gasteiger partial charge >= 0.3 is 0 Å². The van der Waals surface area contributed by atoms with Gasteiger partial charge in [-0.25, -0.2) is 0 Å². The van der Waals surface area contributed by atoms with Gasteiger partial charge in [0.15, 0.2) is 0 Å². The zero-order chi connectivity index (χ0) is 11.1. The van der Waals surface area contributed by atoms with Gasteiger partial charge in [-0.2, -0.15) is 0 Å². The molecule has 2 heteroatoms. The quantitative estimate of drug-likeness (QED) is 0.494. The van der Waals surface area contributed by atoms with Gasteiger partial charge in [0.25, 0.3) is 0 Å². The minimum absolute atomic E-state index is 1.03. The normalized spacial score (nSPS) is 14.2. The average molecular weight is 192 g/mol. The molecule has 0 rings (SSSR count). The summed E-state index contributed by atoms with van der Waals surface area (Å²) >= 11 is 0. The summed E-state index contributed by atoms with van der Waals surface area (Å²) in [6.45, 7) is 9.77. The van der Waals surface area contributed by atoms with Gasteiger partial charge < -0.3 is 4.90 Å². The van der Waals surface area contributed by atoms with Crippen molar-refractivity contribution in [2.45, 2.75) is 20.8 Å². The molecule has 0 saturated heterocycles. The molecule has 0 aromatic heterocycles. The van der Waals surface area contributed by atoms with E-state index < -0.39 is 0 Å². The predicted molar refractivity (Wildman–Crippen MR) is 64.5 cm³/mol. The molecule has 2 nitrogen and oxygen atoms in total. The molecule has 0 aliphatic carbocycles. The minimum atomic E-state index is 1.03. The first-order valence-electron chi connectivity index (χ1n) is 4.70. The molecule has 0 aliphatic rings. The van der Waals surface area contributed by atoms with Gasteiger partial charge in [-0.1, -0.05) is 12.7 Å². The lowest BCUT2D eigenvalue weighted by Gasteiger charge is -2.10. The molecule has 0 aromatic rings. The maximum Gasteiger partial charge on any atom is 0.0404 e. The second-order valence-corrected chi connectivity index (χ2v) is 3.35. The fourth-order valence-electron chi connectivity index (χ4n) is 1.08. The molecule has 0 radical (unpaired) electrons. The first-order valence-corrected chi connectivity index (χ1v) is 4.70. The van der Waals surface area contributed by atoms with E-state index >= 15 is 0 Å². The molecular formula is C12H20N2. The fourth-order valence-corrected chi connectivity index (χ4v) is 1.08. The van der Waals surface area contributed by atoms with Crippen molar-refractivity contribution in [1.29, 1.82) is 0 Å². The topological polar surface area (TPSA) is 15.6 Å². The molecule has 14 heavy (non-hydrogen) atoms. The number of rotatable bonds is 4. The van der Waals surface area contributed by atoms with Crippen LogP contribution in [0.2, 0.25) is 0 Å². The fraction of sp³-hybridized carbons (Fsp3) is 0.417. The van der Waals surface area contributed by atoms with Crippen LogP contribution in [0.3, 0.4) is 0 Å². The van der Waals surface area contributed by atoms with Crippen molar-refractivity contribution in [2.24, 2.45) is 4.99 Å². The van der Waals surface area contributed by atoms with Gasteiger partial charge in [0, 0.05) is 32.2 Å². The van der Waals surface area contributed by atoms with Crippen molar-refractivity contribution < 1.29 is 0 Å². The van der Waals surface area contributed by atoms with Crippen molar-refractivity contribution in [3.8, 4) is 0 Å². The van der Waals surface area contributed by atoms with Crippen molar-refractivity contribution >= 4 is 6.21 Å². The van der Waals surface area contributed by atoms with Crippen LogP contribution in [0.5, 0.6) is 0 Å². The number of hydrogen-bond donors (Lipinski definition) is 0. The van der Waals surface area contributed by atoms with E-state index in [-0.39, 0.29) is 0 Å². The van der Waals surface area contributed by atoms with Crippen LogP contribution >= 0.6 is 0 Å². The molecule has 0 spiro atoms. The molecular weight excluding hydrogens is 172 g/mol. The molecule has 0 aliphatic heterocycles. The van der Waals surface area contributed by atoms with Gasteiger partial charge in [0.1, 0.15) is 0 Å². The Labute approximate surface area is 87.3 Å². The number of aliphatic imine (C=N–C) groups is 1.